The number of rotatable bonds is 6. The van der Waals surface area contributed by atoms with Crippen molar-refractivity contribution in [2.24, 2.45) is 0 Å². The zero-order valence-electron chi connectivity index (χ0n) is 20.2. The molecular weight excluding hydrogens is 515 g/mol. The minimum atomic E-state index is -0.462. The van der Waals surface area contributed by atoms with Crippen molar-refractivity contribution in [1.82, 2.24) is 14.9 Å². The summed E-state index contributed by atoms with van der Waals surface area (Å²) in [6, 6.07) is 8.56. The van der Waals surface area contributed by atoms with Gasteiger partial charge in [-0.15, -0.1) is 0 Å². The predicted octanol–water partition coefficient (Wildman–Crippen LogP) is 4.78. The molecule has 0 atom stereocenters. The first-order valence-electron chi connectivity index (χ1n) is 11.8. The number of halogens is 2. The standard InChI is InChI=1S/C26H26Cl2N6O3/c1-33-8-6-26(7-9-33)15-34(25(35)37-26)23-5-2-16(11-32-23)24(30)18-10-17(3-4-22(18)29)36-14-19-20(27)12-31-13-21(19)28/h2-5,10-13,30H,6-9,14-15,29H2,1H3. The molecule has 37 heavy (non-hydrogen) atoms. The van der Waals surface area contributed by atoms with Gasteiger partial charge in [-0.25, -0.2) is 9.78 Å². The number of piperidine rings is 1. The highest BCUT2D eigenvalue weighted by molar-refractivity contribution is 6.35. The van der Waals surface area contributed by atoms with Crippen LogP contribution in [-0.2, 0) is 11.3 Å². The van der Waals surface area contributed by atoms with Crippen molar-refractivity contribution >= 4 is 46.5 Å². The van der Waals surface area contributed by atoms with Crippen LogP contribution in [0.4, 0.5) is 16.3 Å². The van der Waals surface area contributed by atoms with E-state index in [2.05, 4.69) is 21.9 Å². The maximum atomic E-state index is 12.6. The Bertz CT molecular complexity index is 1320. The maximum Gasteiger partial charge on any atom is 0.416 e. The van der Waals surface area contributed by atoms with Gasteiger partial charge in [0.05, 0.1) is 22.3 Å². The van der Waals surface area contributed by atoms with Crippen LogP contribution in [0.3, 0.4) is 0 Å². The SMILES string of the molecule is CN1CCC2(CC1)CN(c1ccc(C(=N)c3cc(OCc4c(Cl)cncc4Cl)ccc3N)cn1)C(=O)O2. The van der Waals surface area contributed by atoms with E-state index in [1.54, 1.807) is 41.4 Å². The van der Waals surface area contributed by atoms with Crippen molar-refractivity contribution < 1.29 is 14.3 Å². The Balaban J connectivity index is 1.30. The summed E-state index contributed by atoms with van der Waals surface area (Å²) < 4.78 is 11.6. The molecule has 0 aliphatic carbocycles. The van der Waals surface area contributed by atoms with Crippen LogP contribution in [0.15, 0.2) is 48.9 Å². The molecule has 2 saturated heterocycles. The molecule has 3 N–H and O–H groups in total. The number of hydrogen-bond donors (Lipinski definition) is 2. The molecule has 2 aliphatic heterocycles. The largest absolute Gasteiger partial charge is 0.489 e. The van der Waals surface area contributed by atoms with Crippen LogP contribution in [-0.4, -0.2) is 59.0 Å². The van der Waals surface area contributed by atoms with E-state index in [9.17, 15) is 4.79 Å². The number of nitrogens with one attached hydrogen (secondary N) is 1. The van der Waals surface area contributed by atoms with Crippen LogP contribution in [0, 0.1) is 5.41 Å². The summed E-state index contributed by atoms with van der Waals surface area (Å²) in [5.74, 6) is 0.999. The Morgan fingerprint density at radius 3 is 2.57 bits per heavy atom. The fourth-order valence-corrected chi connectivity index (χ4v) is 4.98. The molecule has 4 heterocycles. The second-order valence-electron chi connectivity index (χ2n) is 9.34. The first kappa shape index (κ1) is 25.3. The van der Waals surface area contributed by atoms with E-state index in [1.807, 2.05) is 0 Å². The lowest BCUT2D eigenvalue weighted by molar-refractivity contribution is 0.00678. The summed E-state index contributed by atoms with van der Waals surface area (Å²) in [6.45, 7) is 2.38. The number of anilines is 2. The Hall–Kier alpha value is -3.40. The van der Waals surface area contributed by atoms with Gasteiger partial charge in [0.15, 0.2) is 0 Å². The van der Waals surface area contributed by atoms with Gasteiger partial charge in [-0.2, -0.15) is 0 Å². The number of nitrogens with two attached hydrogens (primary N) is 1. The summed E-state index contributed by atoms with van der Waals surface area (Å²) in [5.41, 5.74) is 7.98. The molecule has 0 saturated carbocycles. The summed E-state index contributed by atoms with van der Waals surface area (Å²) in [4.78, 5) is 24.8. The molecule has 2 fully saturated rings. The number of pyridine rings is 2. The van der Waals surface area contributed by atoms with Crippen molar-refractivity contribution in [2.75, 3.05) is 37.3 Å². The number of ether oxygens (including phenoxy) is 2. The van der Waals surface area contributed by atoms with Gasteiger partial charge >= 0.3 is 6.09 Å². The number of benzene rings is 1. The average Bonchev–Trinajstić information content (AvgIpc) is 3.22. The molecule has 1 spiro atoms. The van der Waals surface area contributed by atoms with E-state index < -0.39 is 5.60 Å². The van der Waals surface area contributed by atoms with Crippen molar-refractivity contribution in [1.29, 1.82) is 5.41 Å². The fraction of sp³-hybridized carbons (Fsp3) is 0.308. The van der Waals surface area contributed by atoms with Crippen LogP contribution in [0.1, 0.15) is 29.5 Å². The molecule has 0 bridgehead atoms. The number of amides is 1. The van der Waals surface area contributed by atoms with Crippen LogP contribution in [0.25, 0.3) is 0 Å². The summed E-state index contributed by atoms with van der Waals surface area (Å²) in [5, 5.41) is 9.55. The lowest BCUT2D eigenvalue weighted by Crippen LogP contribution is -2.45. The molecule has 192 valence electrons. The Morgan fingerprint density at radius 2 is 1.89 bits per heavy atom. The zero-order valence-corrected chi connectivity index (χ0v) is 21.7. The lowest BCUT2D eigenvalue weighted by Gasteiger charge is -2.35. The number of carbonyl (C=O) groups excluding carboxylic acids is 1. The van der Waals surface area contributed by atoms with E-state index in [1.165, 1.54) is 12.4 Å². The highest BCUT2D eigenvalue weighted by Gasteiger charge is 2.47. The first-order valence-corrected chi connectivity index (χ1v) is 12.5. The van der Waals surface area contributed by atoms with Gasteiger partial charge in [-0.1, -0.05) is 23.2 Å². The Morgan fingerprint density at radius 1 is 1.16 bits per heavy atom. The molecular formula is C26H26Cl2N6O3. The van der Waals surface area contributed by atoms with Crippen LogP contribution in [0.2, 0.25) is 10.0 Å². The second kappa shape index (κ2) is 10.2. The highest BCUT2D eigenvalue weighted by atomic mass is 35.5. The molecule has 2 aliphatic rings. The van der Waals surface area contributed by atoms with E-state index in [0.29, 0.717) is 50.5 Å². The summed E-state index contributed by atoms with van der Waals surface area (Å²) in [6.07, 6.45) is 5.78. The summed E-state index contributed by atoms with van der Waals surface area (Å²) >= 11 is 12.4. The van der Waals surface area contributed by atoms with Gasteiger partial charge < -0.3 is 20.1 Å². The third kappa shape index (κ3) is 5.20. The first-order chi connectivity index (χ1) is 17.7. The van der Waals surface area contributed by atoms with E-state index in [-0.39, 0.29) is 18.4 Å². The second-order valence-corrected chi connectivity index (χ2v) is 10.2. The number of nitrogen functional groups attached to an aromatic ring is 1. The third-order valence-electron chi connectivity index (χ3n) is 6.81. The Kier molecular flexibility index (Phi) is 6.94. The fourth-order valence-electron chi connectivity index (χ4n) is 4.51. The third-order valence-corrected chi connectivity index (χ3v) is 7.46. The highest BCUT2D eigenvalue weighted by Crippen LogP contribution is 2.35. The van der Waals surface area contributed by atoms with E-state index >= 15 is 0 Å². The van der Waals surface area contributed by atoms with Gasteiger partial charge in [0.1, 0.15) is 23.8 Å². The van der Waals surface area contributed by atoms with Gasteiger partial charge in [0, 0.05) is 66.9 Å². The van der Waals surface area contributed by atoms with E-state index in [0.717, 1.165) is 25.9 Å². The quantitative estimate of drug-likeness (QED) is 0.341. The maximum absolute atomic E-state index is 12.6. The van der Waals surface area contributed by atoms with Crippen LogP contribution in [0.5, 0.6) is 5.75 Å². The number of hydrogen-bond acceptors (Lipinski definition) is 8. The van der Waals surface area contributed by atoms with Gasteiger partial charge in [-0.05, 0) is 37.4 Å². The monoisotopic (exact) mass is 540 g/mol. The minimum absolute atomic E-state index is 0.136. The number of aromatic nitrogens is 2. The van der Waals surface area contributed by atoms with Gasteiger partial charge in [0.25, 0.3) is 0 Å². The topological polar surface area (TPSA) is 118 Å². The van der Waals surface area contributed by atoms with Gasteiger partial charge in [-0.3, -0.25) is 15.3 Å². The molecule has 0 unspecified atom stereocenters. The molecule has 2 aromatic heterocycles. The molecule has 11 heteroatoms. The van der Waals surface area contributed by atoms with Crippen molar-refractivity contribution in [2.45, 2.75) is 25.0 Å². The summed E-state index contributed by atoms with van der Waals surface area (Å²) in [7, 11) is 2.07. The number of likely N-dealkylation sites (tertiary alicyclic amines) is 1. The molecule has 1 aromatic carbocycles. The van der Waals surface area contributed by atoms with Crippen molar-refractivity contribution in [3.63, 3.8) is 0 Å². The normalized spacial score (nSPS) is 17.2. The van der Waals surface area contributed by atoms with E-state index in [4.69, 9.17) is 43.8 Å². The molecule has 0 radical (unpaired) electrons. The zero-order chi connectivity index (χ0) is 26.2. The molecule has 3 aromatic rings. The minimum Gasteiger partial charge on any atom is -0.489 e. The van der Waals surface area contributed by atoms with Crippen LogP contribution >= 0.6 is 23.2 Å². The van der Waals surface area contributed by atoms with Crippen molar-refractivity contribution in [3.05, 3.63) is 75.7 Å². The smallest absolute Gasteiger partial charge is 0.416 e. The predicted molar refractivity (Wildman–Crippen MR) is 143 cm³/mol. The van der Waals surface area contributed by atoms with Gasteiger partial charge in [0.2, 0.25) is 0 Å². The lowest BCUT2D eigenvalue weighted by atomic mass is 9.91. The number of nitrogens with zero attached hydrogens (tertiary/aromatic N) is 4. The molecule has 9 nitrogen and oxygen atoms in total. The average molecular weight is 541 g/mol. The molecule has 5 rings (SSSR count). The van der Waals surface area contributed by atoms with Crippen molar-refractivity contribution in [3.8, 4) is 5.75 Å². The van der Waals surface area contributed by atoms with Crippen LogP contribution < -0.4 is 15.4 Å². The Labute approximate surface area is 224 Å². The number of carbonyl (C=O) groups is 1. The molecule has 1 amide bonds.